The van der Waals surface area contributed by atoms with Gasteiger partial charge in [0.15, 0.2) is 6.04 Å². The number of nitro groups is 1. The molecule has 1 aliphatic heterocycles. The summed E-state index contributed by atoms with van der Waals surface area (Å²) in [5.74, 6) is 2.10. The van der Waals surface area contributed by atoms with Gasteiger partial charge in [0.1, 0.15) is 26.2 Å². The molecule has 1 aliphatic rings. The van der Waals surface area contributed by atoms with E-state index >= 15 is 0 Å². The van der Waals surface area contributed by atoms with Gasteiger partial charge in [0.25, 0.3) is 17.4 Å². The first-order valence-corrected chi connectivity index (χ1v) is 9.26. The maximum Gasteiger partial charge on any atom is 0.274 e. The Morgan fingerprint density at radius 3 is 2.57 bits per heavy atom. The molecule has 1 saturated heterocycles. The van der Waals surface area contributed by atoms with E-state index < -0.39 is 4.92 Å². The number of aromatic amines is 1. The summed E-state index contributed by atoms with van der Waals surface area (Å²) in [5, 5.41) is 19.1. The fraction of sp³-hybridized carbons (Fsp3) is 0.316. The van der Waals surface area contributed by atoms with Crippen molar-refractivity contribution in [3.8, 4) is 11.5 Å². The molecule has 3 heterocycles. The highest BCUT2D eigenvalue weighted by atomic mass is 16.6. The van der Waals surface area contributed by atoms with Crippen molar-refractivity contribution in [2.24, 2.45) is 0 Å². The van der Waals surface area contributed by atoms with Crippen molar-refractivity contribution >= 4 is 11.5 Å². The smallest absolute Gasteiger partial charge is 0.274 e. The standard InChI is InChI=1S/C19H20N6O3/c1-14(23-10-12-24(13-11-23)17-4-2-3-9-20-17)18-21-22-19(28-18)15-5-7-16(8-6-15)25(26)27/h2-9,14H,10-13H2,1H3/p+2/t14-/m0/s1. The van der Waals surface area contributed by atoms with Gasteiger partial charge in [0.2, 0.25) is 5.89 Å². The number of nitrogens with one attached hydrogen (secondary N) is 2. The van der Waals surface area contributed by atoms with Gasteiger partial charge in [0, 0.05) is 23.8 Å². The van der Waals surface area contributed by atoms with E-state index in [-0.39, 0.29) is 11.7 Å². The van der Waals surface area contributed by atoms with Crippen LogP contribution in [-0.4, -0.2) is 41.3 Å². The van der Waals surface area contributed by atoms with Crippen LogP contribution in [0.2, 0.25) is 0 Å². The summed E-state index contributed by atoms with van der Waals surface area (Å²) in [5.41, 5.74) is 0.714. The molecule has 0 radical (unpaired) electrons. The van der Waals surface area contributed by atoms with Gasteiger partial charge in [-0.2, -0.15) is 0 Å². The van der Waals surface area contributed by atoms with Gasteiger partial charge in [-0.3, -0.25) is 15.0 Å². The molecule has 1 atom stereocenters. The van der Waals surface area contributed by atoms with Crippen molar-refractivity contribution in [2.75, 3.05) is 31.1 Å². The molecular weight excluding hydrogens is 360 g/mol. The van der Waals surface area contributed by atoms with E-state index in [1.54, 1.807) is 12.1 Å². The van der Waals surface area contributed by atoms with Crippen molar-refractivity contribution in [2.45, 2.75) is 13.0 Å². The Balaban J connectivity index is 1.41. The molecule has 1 aromatic carbocycles. The molecule has 0 saturated carbocycles. The second-order valence-electron chi connectivity index (χ2n) is 6.86. The molecule has 4 rings (SSSR count). The molecule has 0 amide bonds. The van der Waals surface area contributed by atoms with E-state index in [0.29, 0.717) is 17.3 Å². The van der Waals surface area contributed by atoms with E-state index in [4.69, 9.17) is 4.42 Å². The van der Waals surface area contributed by atoms with Crippen LogP contribution in [0.5, 0.6) is 0 Å². The molecule has 144 valence electrons. The van der Waals surface area contributed by atoms with Crippen molar-refractivity contribution in [1.29, 1.82) is 0 Å². The van der Waals surface area contributed by atoms with Crippen molar-refractivity contribution in [3.05, 3.63) is 64.7 Å². The number of rotatable bonds is 5. The molecule has 9 heteroatoms. The minimum Gasteiger partial charge on any atom is -0.415 e. The lowest BCUT2D eigenvalue weighted by Crippen LogP contribution is -3.14. The fourth-order valence-corrected chi connectivity index (χ4v) is 3.47. The highest BCUT2D eigenvalue weighted by Crippen LogP contribution is 2.22. The number of hydrogen-bond acceptors (Lipinski definition) is 6. The maximum atomic E-state index is 10.8. The highest BCUT2D eigenvalue weighted by Gasteiger charge is 2.32. The molecule has 1 fully saturated rings. The minimum absolute atomic E-state index is 0.0369. The molecule has 9 nitrogen and oxygen atoms in total. The van der Waals surface area contributed by atoms with Crippen LogP contribution in [0, 0.1) is 10.1 Å². The Labute approximate surface area is 161 Å². The Bertz CT molecular complexity index is 936. The third-order valence-corrected chi connectivity index (χ3v) is 5.19. The van der Waals surface area contributed by atoms with Crippen molar-refractivity contribution < 1.29 is 19.2 Å². The first-order valence-electron chi connectivity index (χ1n) is 9.26. The lowest BCUT2D eigenvalue weighted by Gasteiger charge is -2.30. The number of nitro benzene ring substituents is 1. The maximum absolute atomic E-state index is 10.8. The summed E-state index contributed by atoms with van der Waals surface area (Å²) in [7, 11) is 0. The van der Waals surface area contributed by atoms with Gasteiger partial charge >= 0.3 is 0 Å². The molecule has 28 heavy (non-hydrogen) atoms. The number of nitrogens with zero attached hydrogens (tertiary/aromatic N) is 4. The number of H-pyrrole nitrogens is 1. The van der Waals surface area contributed by atoms with Crippen molar-refractivity contribution in [1.82, 2.24) is 10.2 Å². The van der Waals surface area contributed by atoms with Crippen LogP contribution in [0.15, 0.2) is 53.1 Å². The molecule has 2 aromatic heterocycles. The number of anilines is 1. The van der Waals surface area contributed by atoms with Crippen LogP contribution < -0.4 is 14.8 Å². The number of quaternary nitrogens is 1. The van der Waals surface area contributed by atoms with Gasteiger partial charge in [-0.05, 0) is 25.1 Å². The second-order valence-corrected chi connectivity index (χ2v) is 6.86. The molecule has 0 spiro atoms. The van der Waals surface area contributed by atoms with E-state index in [0.717, 1.165) is 32.0 Å². The summed E-state index contributed by atoms with van der Waals surface area (Å²) in [6.07, 6.45) is 1.94. The lowest BCUT2D eigenvalue weighted by atomic mass is 10.2. The van der Waals surface area contributed by atoms with Crippen LogP contribution in [0.3, 0.4) is 0 Å². The first kappa shape index (κ1) is 18.1. The summed E-state index contributed by atoms with van der Waals surface area (Å²) >= 11 is 0. The van der Waals surface area contributed by atoms with E-state index in [9.17, 15) is 10.1 Å². The first-order chi connectivity index (χ1) is 13.6. The third kappa shape index (κ3) is 3.70. The molecule has 0 unspecified atom stereocenters. The monoisotopic (exact) mass is 382 g/mol. The molecule has 0 aliphatic carbocycles. The van der Waals surface area contributed by atoms with Gasteiger partial charge in [-0.1, -0.05) is 6.07 Å². The SMILES string of the molecule is C[C@@H](c1nnc(-c2ccc([N+](=O)[O-])cc2)o1)[NH+]1CCN(c2cccc[nH+]2)CC1. The predicted molar refractivity (Wildman–Crippen MR) is 101 cm³/mol. The molecule has 3 aromatic rings. The highest BCUT2D eigenvalue weighted by molar-refractivity contribution is 5.55. The minimum atomic E-state index is -0.429. The summed E-state index contributed by atoms with van der Waals surface area (Å²) in [4.78, 5) is 17.4. The zero-order valence-corrected chi connectivity index (χ0v) is 15.5. The van der Waals surface area contributed by atoms with Crippen LogP contribution >= 0.6 is 0 Å². The zero-order chi connectivity index (χ0) is 19.5. The van der Waals surface area contributed by atoms with Crippen LogP contribution in [0.4, 0.5) is 11.5 Å². The third-order valence-electron chi connectivity index (χ3n) is 5.19. The average molecular weight is 382 g/mol. The Kier molecular flexibility index (Phi) is 4.98. The zero-order valence-electron chi connectivity index (χ0n) is 15.5. The quantitative estimate of drug-likeness (QED) is 0.520. The number of aromatic nitrogens is 3. The van der Waals surface area contributed by atoms with E-state index in [1.165, 1.54) is 17.0 Å². The van der Waals surface area contributed by atoms with Crippen LogP contribution in [-0.2, 0) is 0 Å². The topological polar surface area (TPSA) is 104 Å². The summed E-state index contributed by atoms with van der Waals surface area (Å²) in [6.45, 7) is 5.93. The normalized spacial score (nSPS) is 16.1. The van der Waals surface area contributed by atoms with Crippen molar-refractivity contribution in [3.63, 3.8) is 0 Å². The number of piperazine rings is 1. The van der Waals surface area contributed by atoms with E-state index in [2.05, 4.69) is 33.1 Å². The number of pyridine rings is 1. The number of non-ortho nitro benzene ring substituents is 1. The largest absolute Gasteiger partial charge is 0.415 e. The fourth-order valence-electron chi connectivity index (χ4n) is 3.47. The van der Waals surface area contributed by atoms with E-state index in [1.807, 2.05) is 18.3 Å². The Morgan fingerprint density at radius 2 is 1.93 bits per heavy atom. The van der Waals surface area contributed by atoms with Gasteiger partial charge in [-0.15, -0.1) is 10.2 Å². The average Bonchev–Trinajstić information content (AvgIpc) is 3.24. The van der Waals surface area contributed by atoms with Gasteiger partial charge in [-0.25, -0.2) is 4.98 Å². The Morgan fingerprint density at radius 1 is 1.18 bits per heavy atom. The predicted octanol–water partition coefficient (Wildman–Crippen LogP) is 0.925. The number of benzene rings is 1. The van der Waals surface area contributed by atoms with Gasteiger partial charge in [0.05, 0.1) is 11.1 Å². The number of hydrogen-bond donors (Lipinski definition) is 1. The summed E-state index contributed by atoms with van der Waals surface area (Å²) < 4.78 is 5.86. The second kappa shape index (κ2) is 7.73. The van der Waals surface area contributed by atoms with Crippen LogP contribution in [0.25, 0.3) is 11.5 Å². The van der Waals surface area contributed by atoms with Gasteiger partial charge < -0.3 is 9.32 Å². The van der Waals surface area contributed by atoms with Crippen LogP contribution in [0.1, 0.15) is 18.9 Å². The lowest BCUT2D eigenvalue weighted by molar-refractivity contribution is -0.931. The molecular formula is C19H22N6O3+2. The molecule has 2 N–H and O–H groups in total. The summed E-state index contributed by atoms with van der Waals surface area (Å²) in [6, 6.07) is 12.3. The Hall–Kier alpha value is -3.33. The molecule has 0 bridgehead atoms.